The van der Waals surface area contributed by atoms with Crippen LogP contribution < -0.4 is 14.4 Å². The highest BCUT2D eigenvalue weighted by Gasteiger charge is 2.24. The predicted molar refractivity (Wildman–Crippen MR) is 135 cm³/mol. The first-order chi connectivity index (χ1) is 16.3. The van der Waals surface area contributed by atoms with Crippen molar-refractivity contribution in [3.05, 3.63) is 89.3 Å². The number of carbonyl (C=O) groups excluding carboxylic acids is 1. The number of amides is 1. The second kappa shape index (κ2) is 9.66. The van der Waals surface area contributed by atoms with Crippen molar-refractivity contribution in [1.82, 2.24) is 4.98 Å². The normalized spacial score (nSPS) is 11.1. The van der Waals surface area contributed by atoms with Crippen LogP contribution in [0.25, 0.3) is 11.3 Å². The summed E-state index contributed by atoms with van der Waals surface area (Å²) in [5.74, 6) is 0.0748. The van der Waals surface area contributed by atoms with Crippen LogP contribution >= 0.6 is 11.3 Å². The Balaban J connectivity index is 1.50. The number of carbonyl (C=O) groups is 1. The molecule has 0 atom stereocenters. The van der Waals surface area contributed by atoms with Crippen LogP contribution in [-0.4, -0.2) is 33.5 Å². The van der Waals surface area contributed by atoms with Crippen LogP contribution in [0.4, 0.5) is 10.8 Å². The first-order valence-corrected chi connectivity index (χ1v) is 12.7. The average molecular weight is 494 g/mol. The van der Waals surface area contributed by atoms with Gasteiger partial charge in [0.25, 0.3) is 15.9 Å². The van der Waals surface area contributed by atoms with Crippen molar-refractivity contribution < 1.29 is 17.9 Å². The maximum absolute atomic E-state index is 13.1. The molecule has 0 aliphatic rings. The van der Waals surface area contributed by atoms with E-state index in [1.54, 1.807) is 24.3 Å². The monoisotopic (exact) mass is 493 g/mol. The number of ether oxygens (including phenoxy) is 1. The Bertz CT molecular complexity index is 1430. The number of sulfonamides is 1. The minimum Gasteiger partial charge on any atom is -0.495 e. The number of nitrogens with one attached hydrogen (secondary N) is 1. The minimum atomic E-state index is -3.85. The van der Waals surface area contributed by atoms with Crippen molar-refractivity contribution in [1.29, 1.82) is 0 Å². The number of nitrogens with zero attached hydrogens (tertiary/aromatic N) is 2. The van der Waals surface area contributed by atoms with Crippen molar-refractivity contribution in [3.63, 3.8) is 0 Å². The highest BCUT2D eigenvalue weighted by molar-refractivity contribution is 7.92. The van der Waals surface area contributed by atoms with Crippen LogP contribution in [0, 0.1) is 6.92 Å². The molecule has 1 heterocycles. The smallest absolute Gasteiger partial charge is 0.264 e. The molecule has 0 spiro atoms. The fourth-order valence-electron chi connectivity index (χ4n) is 3.44. The molecule has 4 rings (SSSR count). The molecule has 7 nitrogen and oxygen atoms in total. The zero-order valence-corrected chi connectivity index (χ0v) is 20.5. The number of rotatable bonds is 7. The van der Waals surface area contributed by atoms with Gasteiger partial charge in [-0.05, 0) is 48.9 Å². The van der Waals surface area contributed by atoms with E-state index < -0.39 is 10.0 Å². The molecule has 0 aliphatic heterocycles. The van der Waals surface area contributed by atoms with Gasteiger partial charge in [0.1, 0.15) is 5.75 Å². The molecule has 0 saturated heterocycles. The average Bonchev–Trinajstić information content (AvgIpc) is 3.32. The molecule has 0 radical (unpaired) electrons. The standard InChI is InChI=1S/C25H23N3O4S2/c1-17-8-4-5-9-20(17)21-16-33-25(26-21)27-24(29)18-12-14-19(15-13-18)34(30,31)28(2)22-10-6-7-11-23(22)32-3/h4-16H,1-3H3,(H,26,27,29). The molecule has 0 bridgehead atoms. The molecular formula is C25H23N3O4S2. The summed E-state index contributed by atoms with van der Waals surface area (Å²) >= 11 is 1.33. The third-order valence-electron chi connectivity index (χ3n) is 5.34. The van der Waals surface area contributed by atoms with Gasteiger partial charge in [0, 0.05) is 23.6 Å². The quantitative estimate of drug-likeness (QED) is 0.382. The molecule has 0 aliphatic carbocycles. The molecular weight excluding hydrogens is 470 g/mol. The molecule has 34 heavy (non-hydrogen) atoms. The van der Waals surface area contributed by atoms with Crippen LogP contribution in [0.3, 0.4) is 0 Å². The van der Waals surface area contributed by atoms with E-state index in [0.29, 0.717) is 22.1 Å². The summed E-state index contributed by atoms with van der Waals surface area (Å²) in [5.41, 5.74) is 3.64. The molecule has 0 unspecified atom stereocenters. The number of anilines is 2. The molecule has 174 valence electrons. The van der Waals surface area contributed by atoms with E-state index in [4.69, 9.17) is 4.74 Å². The Kier molecular flexibility index (Phi) is 6.67. The molecule has 0 fully saturated rings. The summed E-state index contributed by atoms with van der Waals surface area (Å²) < 4.78 is 32.6. The van der Waals surface area contributed by atoms with Gasteiger partial charge in [-0.25, -0.2) is 13.4 Å². The molecule has 1 N–H and O–H groups in total. The van der Waals surface area contributed by atoms with Crippen LogP contribution in [-0.2, 0) is 10.0 Å². The lowest BCUT2D eigenvalue weighted by atomic mass is 10.1. The van der Waals surface area contributed by atoms with Gasteiger partial charge < -0.3 is 4.74 Å². The number of hydrogen-bond acceptors (Lipinski definition) is 6. The Morgan fingerprint density at radius 3 is 2.38 bits per heavy atom. The fraction of sp³-hybridized carbons (Fsp3) is 0.120. The largest absolute Gasteiger partial charge is 0.495 e. The van der Waals surface area contributed by atoms with Crippen molar-refractivity contribution in [2.75, 3.05) is 23.8 Å². The van der Waals surface area contributed by atoms with E-state index in [2.05, 4.69) is 10.3 Å². The van der Waals surface area contributed by atoms with Gasteiger partial charge in [0.2, 0.25) is 0 Å². The lowest BCUT2D eigenvalue weighted by molar-refractivity contribution is 0.102. The molecule has 3 aromatic carbocycles. The van der Waals surface area contributed by atoms with E-state index in [9.17, 15) is 13.2 Å². The van der Waals surface area contributed by atoms with E-state index in [1.165, 1.54) is 49.8 Å². The number of methoxy groups -OCH3 is 1. The number of para-hydroxylation sites is 2. The van der Waals surface area contributed by atoms with E-state index >= 15 is 0 Å². The minimum absolute atomic E-state index is 0.0635. The fourth-order valence-corrected chi connectivity index (χ4v) is 5.35. The molecule has 9 heteroatoms. The van der Waals surface area contributed by atoms with Gasteiger partial charge >= 0.3 is 0 Å². The third kappa shape index (κ3) is 4.66. The Morgan fingerprint density at radius 2 is 1.68 bits per heavy atom. The van der Waals surface area contributed by atoms with E-state index in [-0.39, 0.29) is 10.8 Å². The summed E-state index contributed by atoms with van der Waals surface area (Å²) in [6, 6.07) is 20.5. The SMILES string of the molecule is COc1ccccc1N(C)S(=O)(=O)c1ccc(C(=O)Nc2nc(-c3ccccc3C)cs2)cc1. The Labute approximate surface area is 202 Å². The Morgan fingerprint density at radius 1 is 1.00 bits per heavy atom. The Hall–Kier alpha value is -3.69. The zero-order valence-electron chi connectivity index (χ0n) is 18.8. The molecule has 0 saturated carbocycles. The third-order valence-corrected chi connectivity index (χ3v) is 7.89. The first kappa shape index (κ1) is 23.5. The first-order valence-electron chi connectivity index (χ1n) is 10.4. The number of hydrogen-bond donors (Lipinski definition) is 1. The van der Waals surface area contributed by atoms with E-state index in [1.807, 2.05) is 36.6 Å². The summed E-state index contributed by atoms with van der Waals surface area (Å²) in [7, 11) is -0.900. The van der Waals surface area contributed by atoms with Crippen LogP contribution in [0.15, 0.2) is 83.1 Å². The van der Waals surface area contributed by atoms with Gasteiger partial charge in [-0.3, -0.25) is 14.4 Å². The highest BCUT2D eigenvalue weighted by atomic mass is 32.2. The maximum atomic E-state index is 13.1. The van der Waals surface area contributed by atoms with Gasteiger partial charge in [0.05, 0.1) is 23.4 Å². The van der Waals surface area contributed by atoms with Crippen molar-refractivity contribution in [3.8, 4) is 17.0 Å². The van der Waals surface area contributed by atoms with Gasteiger partial charge in [-0.15, -0.1) is 11.3 Å². The van der Waals surface area contributed by atoms with Crippen molar-refractivity contribution in [2.24, 2.45) is 0 Å². The zero-order chi connectivity index (χ0) is 24.3. The van der Waals surface area contributed by atoms with Crippen molar-refractivity contribution >= 4 is 38.1 Å². The number of aromatic nitrogens is 1. The summed E-state index contributed by atoms with van der Waals surface area (Å²) in [4.78, 5) is 17.3. The molecule has 4 aromatic rings. The second-order valence-electron chi connectivity index (χ2n) is 7.48. The lowest BCUT2D eigenvalue weighted by Gasteiger charge is -2.21. The predicted octanol–water partition coefficient (Wildman–Crippen LogP) is 5.20. The van der Waals surface area contributed by atoms with Crippen LogP contribution in [0.1, 0.15) is 15.9 Å². The number of aryl methyl sites for hydroxylation is 1. The molecule has 1 aromatic heterocycles. The second-order valence-corrected chi connectivity index (χ2v) is 10.3. The highest BCUT2D eigenvalue weighted by Crippen LogP contribution is 2.31. The summed E-state index contributed by atoms with van der Waals surface area (Å²) in [6.45, 7) is 2.01. The summed E-state index contributed by atoms with van der Waals surface area (Å²) in [5, 5.41) is 5.14. The number of benzene rings is 3. The maximum Gasteiger partial charge on any atom is 0.264 e. The summed E-state index contributed by atoms with van der Waals surface area (Å²) in [6.07, 6.45) is 0. The van der Waals surface area contributed by atoms with Crippen LogP contribution in [0.2, 0.25) is 0 Å². The van der Waals surface area contributed by atoms with E-state index in [0.717, 1.165) is 21.1 Å². The molecule has 1 amide bonds. The number of thiazole rings is 1. The lowest BCUT2D eigenvalue weighted by Crippen LogP contribution is -2.27. The van der Waals surface area contributed by atoms with Gasteiger partial charge in [-0.2, -0.15) is 0 Å². The van der Waals surface area contributed by atoms with Crippen LogP contribution in [0.5, 0.6) is 5.75 Å². The van der Waals surface area contributed by atoms with Gasteiger partial charge in [-0.1, -0.05) is 36.4 Å². The van der Waals surface area contributed by atoms with Crippen molar-refractivity contribution in [2.45, 2.75) is 11.8 Å². The topological polar surface area (TPSA) is 88.6 Å². The van der Waals surface area contributed by atoms with Gasteiger partial charge in [0.15, 0.2) is 5.13 Å².